The Bertz CT molecular complexity index is 47.5. The fraction of sp³-hybridized carbons (Fsp3) is 0.500. The SMILES string of the molecule is CC(O)/C=C\O. The van der Waals surface area contributed by atoms with Crippen molar-refractivity contribution < 1.29 is 10.2 Å². The molecule has 0 aliphatic heterocycles. The zero-order valence-corrected chi connectivity index (χ0v) is 3.63. The number of aliphatic hydroxyl groups is 2. The molecule has 0 aromatic carbocycles. The summed E-state index contributed by atoms with van der Waals surface area (Å²) < 4.78 is 0. The maximum Gasteiger partial charge on any atom is 0.0777 e. The molecular formula is C4H8O2. The standard InChI is InChI=1S/C4H8O2/c1-4(6)2-3-5/h2-6H,1H3/b3-2-. The Morgan fingerprint density at radius 1 is 1.67 bits per heavy atom. The van der Waals surface area contributed by atoms with Crippen LogP contribution in [0.3, 0.4) is 0 Å². The van der Waals surface area contributed by atoms with E-state index in [9.17, 15) is 0 Å². The smallest absolute Gasteiger partial charge is 0.0777 e. The predicted molar refractivity (Wildman–Crippen MR) is 23.4 cm³/mol. The van der Waals surface area contributed by atoms with Crippen LogP contribution in [0.2, 0.25) is 0 Å². The molecule has 1 unspecified atom stereocenters. The normalized spacial score (nSPS) is 15.7. The van der Waals surface area contributed by atoms with E-state index >= 15 is 0 Å². The van der Waals surface area contributed by atoms with E-state index in [1.54, 1.807) is 6.92 Å². The third kappa shape index (κ3) is 3.50. The molecule has 2 N–H and O–H groups in total. The van der Waals surface area contributed by atoms with Crippen molar-refractivity contribution in [3.8, 4) is 0 Å². The van der Waals surface area contributed by atoms with E-state index < -0.39 is 6.10 Å². The van der Waals surface area contributed by atoms with Gasteiger partial charge in [0.15, 0.2) is 0 Å². The van der Waals surface area contributed by atoms with E-state index in [0.29, 0.717) is 0 Å². The highest BCUT2D eigenvalue weighted by atomic mass is 16.3. The number of aliphatic hydroxyl groups excluding tert-OH is 2. The average Bonchev–Trinajstić information content (AvgIpc) is 1.35. The second-order valence-corrected chi connectivity index (χ2v) is 1.08. The van der Waals surface area contributed by atoms with Gasteiger partial charge in [0.25, 0.3) is 0 Å². The van der Waals surface area contributed by atoms with Crippen molar-refractivity contribution in [2.75, 3.05) is 0 Å². The third-order valence-electron chi connectivity index (χ3n) is 0.365. The summed E-state index contributed by atoms with van der Waals surface area (Å²) in [5.74, 6) is 0. The molecule has 0 rings (SSSR count). The fourth-order valence-corrected chi connectivity index (χ4v) is 0.125. The van der Waals surface area contributed by atoms with Crippen LogP contribution in [0.4, 0.5) is 0 Å². The molecule has 1 atom stereocenters. The first kappa shape index (κ1) is 5.50. The predicted octanol–water partition coefficient (Wildman–Crippen LogP) is 0.439. The zero-order chi connectivity index (χ0) is 4.99. The lowest BCUT2D eigenvalue weighted by Crippen LogP contribution is -1.90. The van der Waals surface area contributed by atoms with Crippen molar-refractivity contribution in [1.29, 1.82) is 0 Å². The van der Waals surface area contributed by atoms with Crippen molar-refractivity contribution >= 4 is 0 Å². The molecule has 6 heavy (non-hydrogen) atoms. The lowest BCUT2D eigenvalue weighted by Gasteiger charge is -1.86. The highest BCUT2D eigenvalue weighted by Gasteiger charge is 1.79. The van der Waals surface area contributed by atoms with Gasteiger partial charge in [0, 0.05) is 0 Å². The van der Waals surface area contributed by atoms with E-state index in [1.165, 1.54) is 6.08 Å². The molecule has 0 aromatic rings. The summed E-state index contributed by atoms with van der Waals surface area (Å²) >= 11 is 0. The molecule has 0 radical (unpaired) electrons. The first-order chi connectivity index (χ1) is 2.77. The van der Waals surface area contributed by atoms with Crippen LogP contribution < -0.4 is 0 Å². The minimum absolute atomic E-state index is 0.532. The molecule has 0 spiro atoms. The molecule has 0 fully saturated rings. The minimum Gasteiger partial charge on any atom is -0.516 e. The van der Waals surface area contributed by atoms with Gasteiger partial charge in [0.2, 0.25) is 0 Å². The van der Waals surface area contributed by atoms with Gasteiger partial charge in [-0.15, -0.1) is 0 Å². The highest BCUT2D eigenvalue weighted by Crippen LogP contribution is 1.76. The molecule has 0 heterocycles. The molecule has 0 aliphatic carbocycles. The van der Waals surface area contributed by atoms with Gasteiger partial charge in [-0.05, 0) is 13.0 Å². The molecule has 36 valence electrons. The van der Waals surface area contributed by atoms with Crippen LogP contribution in [0, 0.1) is 0 Å². The summed E-state index contributed by atoms with van der Waals surface area (Å²) in [6.07, 6.45) is 1.57. The number of hydrogen-bond acceptors (Lipinski definition) is 2. The maximum absolute atomic E-state index is 8.31. The number of hydrogen-bond donors (Lipinski definition) is 2. The van der Waals surface area contributed by atoms with Gasteiger partial charge < -0.3 is 10.2 Å². The van der Waals surface area contributed by atoms with Crippen molar-refractivity contribution in [2.24, 2.45) is 0 Å². The molecule has 2 nitrogen and oxygen atoms in total. The van der Waals surface area contributed by atoms with Gasteiger partial charge in [-0.3, -0.25) is 0 Å². The van der Waals surface area contributed by atoms with Crippen LogP contribution in [-0.2, 0) is 0 Å². The largest absolute Gasteiger partial charge is 0.516 e. The van der Waals surface area contributed by atoms with Crippen LogP contribution in [0.1, 0.15) is 6.92 Å². The Labute approximate surface area is 36.7 Å². The molecule has 0 saturated carbocycles. The molecular weight excluding hydrogens is 80.0 g/mol. The van der Waals surface area contributed by atoms with Crippen molar-refractivity contribution in [1.82, 2.24) is 0 Å². The fourth-order valence-electron chi connectivity index (χ4n) is 0.125. The molecule has 0 amide bonds. The van der Waals surface area contributed by atoms with Crippen molar-refractivity contribution in [3.05, 3.63) is 12.3 Å². The molecule has 0 saturated heterocycles. The Hall–Kier alpha value is -0.500. The second kappa shape index (κ2) is 2.72. The lowest BCUT2D eigenvalue weighted by atomic mass is 10.4. The van der Waals surface area contributed by atoms with Crippen LogP contribution in [0.15, 0.2) is 12.3 Å². The Morgan fingerprint density at radius 3 is 2.17 bits per heavy atom. The lowest BCUT2D eigenvalue weighted by molar-refractivity contribution is 0.240. The summed E-state index contributed by atoms with van der Waals surface area (Å²) in [4.78, 5) is 0. The first-order valence-corrected chi connectivity index (χ1v) is 1.76. The Kier molecular flexibility index (Phi) is 2.50. The third-order valence-corrected chi connectivity index (χ3v) is 0.365. The van der Waals surface area contributed by atoms with Crippen LogP contribution >= 0.6 is 0 Å². The highest BCUT2D eigenvalue weighted by molar-refractivity contribution is 4.76. The summed E-state index contributed by atoms with van der Waals surface area (Å²) in [5, 5.41) is 16.2. The van der Waals surface area contributed by atoms with Gasteiger partial charge in [-0.2, -0.15) is 0 Å². The van der Waals surface area contributed by atoms with Gasteiger partial charge in [-0.25, -0.2) is 0 Å². The van der Waals surface area contributed by atoms with Crippen molar-refractivity contribution in [3.63, 3.8) is 0 Å². The van der Waals surface area contributed by atoms with Crippen LogP contribution in [0.25, 0.3) is 0 Å². The Morgan fingerprint density at radius 2 is 2.17 bits per heavy atom. The summed E-state index contributed by atoms with van der Waals surface area (Å²) in [5.41, 5.74) is 0. The Balaban J connectivity index is 3.03. The summed E-state index contributed by atoms with van der Waals surface area (Å²) in [7, 11) is 0. The molecule has 0 aromatic heterocycles. The van der Waals surface area contributed by atoms with Crippen LogP contribution in [0.5, 0.6) is 0 Å². The van der Waals surface area contributed by atoms with Crippen molar-refractivity contribution in [2.45, 2.75) is 13.0 Å². The van der Waals surface area contributed by atoms with E-state index in [4.69, 9.17) is 10.2 Å². The minimum atomic E-state index is -0.532. The van der Waals surface area contributed by atoms with E-state index in [0.717, 1.165) is 6.26 Å². The quantitative estimate of drug-likeness (QED) is 0.456. The van der Waals surface area contributed by atoms with Gasteiger partial charge in [0.05, 0.1) is 12.4 Å². The maximum atomic E-state index is 8.31. The van der Waals surface area contributed by atoms with Gasteiger partial charge >= 0.3 is 0 Å². The molecule has 0 bridgehead atoms. The monoisotopic (exact) mass is 88.1 g/mol. The summed E-state index contributed by atoms with van der Waals surface area (Å²) in [6, 6.07) is 0. The van der Waals surface area contributed by atoms with Crippen LogP contribution in [-0.4, -0.2) is 16.3 Å². The van der Waals surface area contributed by atoms with Gasteiger partial charge in [-0.1, -0.05) is 0 Å². The first-order valence-electron chi connectivity index (χ1n) is 1.76. The van der Waals surface area contributed by atoms with E-state index in [-0.39, 0.29) is 0 Å². The molecule has 0 aliphatic rings. The topological polar surface area (TPSA) is 40.5 Å². The molecule has 2 heteroatoms. The average molecular weight is 88.1 g/mol. The zero-order valence-electron chi connectivity index (χ0n) is 3.63. The van der Waals surface area contributed by atoms with Gasteiger partial charge in [0.1, 0.15) is 0 Å². The summed E-state index contributed by atoms with van der Waals surface area (Å²) in [6.45, 7) is 1.56. The van der Waals surface area contributed by atoms with E-state index in [1.807, 2.05) is 0 Å². The second-order valence-electron chi connectivity index (χ2n) is 1.08. The number of rotatable bonds is 1. The van der Waals surface area contributed by atoms with E-state index in [2.05, 4.69) is 0 Å².